The molecule has 1 saturated heterocycles. The van der Waals surface area contributed by atoms with E-state index in [2.05, 4.69) is 42.8 Å². The van der Waals surface area contributed by atoms with Gasteiger partial charge in [-0.25, -0.2) is 4.98 Å². The highest BCUT2D eigenvalue weighted by Crippen LogP contribution is 2.28. The third-order valence-corrected chi connectivity index (χ3v) is 5.35. The molecule has 24 heavy (non-hydrogen) atoms. The van der Waals surface area contributed by atoms with E-state index in [1.54, 1.807) is 0 Å². The molecule has 0 amide bonds. The van der Waals surface area contributed by atoms with Gasteiger partial charge >= 0.3 is 0 Å². The summed E-state index contributed by atoms with van der Waals surface area (Å²) in [6.45, 7) is 9.57. The van der Waals surface area contributed by atoms with Gasteiger partial charge in [-0.15, -0.1) is 0 Å². The highest BCUT2D eigenvalue weighted by atomic mass is 16.3. The largest absolute Gasteiger partial charge is 0.396 e. The number of likely N-dealkylation sites (tertiary alicyclic amines) is 1. The molecule has 0 spiro atoms. The summed E-state index contributed by atoms with van der Waals surface area (Å²) in [6.07, 6.45) is 3.52. The zero-order valence-corrected chi connectivity index (χ0v) is 15.0. The predicted molar refractivity (Wildman–Crippen MR) is 96.1 cm³/mol. The number of hydrogen-bond acceptors (Lipinski definition) is 4. The van der Waals surface area contributed by atoms with Crippen molar-refractivity contribution in [3.63, 3.8) is 0 Å². The van der Waals surface area contributed by atoms with E-state index >= 15 is 0 Å². The highest BCUT2D eigenvalue weighted by molar-refractivity contribution is 5.77. The predicted octanol–water partition coefficient (Wildman–Crippen LogP) is 2.11. The summed E-state index contributed by atoms with van der Waals surface area (Å²) < 4.78 is 2.04. The maximum atomic E-state index is 10.5. The van der Waals surface area contributed by atoms with Crippen LogP contribution in [-0.4, -0.2) is 57.0 Å². The molecule has 2 atom stereocenters. The fourth-order valence-corrected chi connectivity index (χ4v) is 3.75. The Bertz CT molecular complexity index is 712. The molecule has 5 nitrogen and oxygen atoms in total. The van der Waals surface area contributed by atoms with Crippen LogP contribution in [0.3, 0.4) is 0 Å². The number of aromatic nitrogens is 2. The van der Waals surface area contributed by atoms with Crippen molar-refractivity contribution < 1.29 is 10.2 Å². The molecule has 2 unspecified atom stereocenters. The van der Waals surface area contributed by atoms with Gasteiger partial charge in [0.25, 0.3) is 0 Å². The van der Waals surface area contributed by atoms with E-state index in [1.807, 2.05) is 10.9 Å². The van der Waals surface area contributed by atoms with Gasteiger partial charge in [0.2, 0.25) is 0 Å². The molecule has 3 rings (SSSR count). The molecule has 1 aromatic heterocycles. The standard InChI is InChI=1S/C19H29N3O2/c1-14-7-17-18(8-15(14)2)22(13-20-17)10-16(24)9-21-6-4-5-19(3,11-21)12-23/h7-8,13,16,23-24H,4-6,9-12H2,1-3H3. The monoisotopic (exact) mass is 331 g/mol. The van der Waals surface area contributed by atoms with E-state index in [4.69, 9.17) is 0 Å². The average Bonchev–Trinajstić information content (AvgIpc) is 2.90. The lowest BCUT2D eigenvalue weighted by Crippen LogP contribution is -2.46. The van der Waals surface area contributed by atoms with Crippen LogP contribution in [0.2, 0.25) is 0 Å². The highest BCUT2D eigenvalue weighted by Gasteiger charge is 2.31. The fourth-order valence-electron chi connectivity index (χ4n) is 3.75. The Labute approximate surface area is 143 Å². The Morgan fingerprint density at radius 3 is 2.75 bits per heavy atom. The number of aliphatic hydroxyl groups excluding tert-OH is 2. The molecule has 0 aliphatic carbocycles. The van der Waals surface area contributed by atoms with Crippen molar-refractivity contribution in [3.05, 3.63) is 29.6 Å². The third-order valence-electron chi connectivity index (χ3n) is 5.35. The summed E-state index contributed by atoms with van der Waals surface area (Å²) in [4.78, 5) is 6.74. The first-order valence-electron chi connectivity index (χ1n) is 8.83. The maximum Gasteiger partial charge on any atom is 0.0959 e. The van der Waals surface area contributed by atoms with Gasteiger partial charge in [0, 0.05) is 25.1 Å². The molecule has 2 aromatic rings. The van der Waals surface area contributed by atoms with Gasteiger partial charge in [-0.2, -0.15) is 0 Å². The summed E-state index contributed by atoms with van der Waals surface area (Å²) in [5.74, 6) is 0. The number of nitrogens with zero attached hydrogens (tertiary/aromatic N) is 3. The number of aryl methyl sites for hydroxylation is 2. The fraction of sp³-hybridized carbons (Fsp3) is 0.632. The molecule has 0 radical (unpaired) electrons. The molecule has 1 aliphatic rings. The summed E-state index contributed by atoms with van der Waals surface area (Å²) in [6, 6.07) is 4.25. The molecule has 0 bridgehead atoms. The van der Waals surface area contributed by atoms with E-state index in [0.717, 1.165) is 37.0 Å². The van der Waals surface area contributed by atoms with Gasteiger partial charge in [0.1, 0.15) is 0 Å². The SMILES string of the molecule is Cc1cc2ncn(CC(O)CN3CCCC(C)(CO)C3)c2cc1C. The summed E-state index contributed by atoms with van der Waals surface area (Å²) in [5, 5.41) is 20.1. The molecule has 2 N–H and O–H groups in total. The van der Waals surface area contributed by atoms with Gasteiger partial charge in [-0.05, 0) is 56.5 Å². The van der Waals surface area contributed by atoms with Gasteiger partial charge in [0.15, 0.2) is 0 Å². The lowest BCUT2D eigenvalue weighted by Gasteiger charge is -2.40. The average molecular weight is 331 g/mol. The molecule has 0 saturated carbocycles. The first kappa shape index (κ1) is 17.4. The topological polar surface area (TPSA) is 61.5 Å². The molecule has 2 heterocycles. The van der Waals surface area contributed by atoms with Crippen molar-refractivity contribution in [2.45, 2.75) is 46.3 Å². The maximum absolute atomic E-state index is 10.5. The van der Waals surface area contributed by atoms with E-state index in [0.29, 0.717) is 13.1 Å². The van der Waals surface area contributed by atoms with Crippen LogP contribution in [0.25, 0.3) is 11.0 Å². The number of hydrogen-bond donors (Lipinski definition) is 2. The van der Waals surface area contributed by atoms with Crippen LogP contribution in [0.15, 0.2) is 18.5 Å². The van der Waals surface area contributed by atoms with E-state index < -0.39 is 6.10 Å². The minimum Gasteiger partial charge on any atom is -0.396 e. The Kier molecular flexibility index (Phi) is 4.95. The number of aliphatic hydroxyl groups is 2. The molecule has 1 aliphatic heterocycles. The normalized spacial score (nSPS) is 23.7. The zero-order valence-electron chi connectivity index (χ0n) is 15.0. The smallest absolute Gasteiger partial charge is 0.0959 e. The second-order valence-corrected chi connectivity index (χ2v) is 7.78. The van der Waals surface area contributed by atoms with Crippen molar-refractivity contribution in [1.29, 1.82) is 0 Å². The van der Waals surface area contributed by atoms with E-state index in [-0.39, 0.29) is 12.0 Å². The van der Waals surface area contributed by atoms with Crippen LogP contribution in [0, 0.1) is 19.3 Å². The van der Waals surface area contributed by atoms with E-state index in [9.17, 15) is 10.2 Å². The number of imidazole rings is 1. The summed E-state index contributed by atoms with van der Waals surface area (Å²) in [7, 11) is 0. The lowest BCUT2D eigenvalue weighted by molar-refractivity contribution is 0.0181. The van der Waals surface area contributed by atoms with Crippen molar-refractivity contribution in [3.8, 4) is 0 Å². The second kappa shape index (κ2) is 6.82. The van der Waals surface area contributed by atoms with E-state index in [1.165, 1.54) is 11.1 Å². The lowest BCUT2D eigenvalue weighted by atomic mass is 9.83. The molecule has 1 fully saturated rings. The molecular weight excluding hydrogens is 302 g/mol. The summed E-state index contributed by atoms with van der Waals surface area (Å²) >= 11 is 0. The second-order valence-electron chi connectivity index (χ2n) is 7.78. The van der Waals surface area contributed by atoms with Crippen LogP contribution in [0.5, 0.6) is 0 Å². The summed E-state index contributed by atoms with van der Waals surface area (Å²) in [5.41, 5.74) is 4.51. The number of benzene rings is 1. The number of β-amino-alcohol motifs (C(OH)–C–C–N with tert-alkyl or cyclic N) is 1. The van der Waals surface area contributed by atoms with Crippen molar-refractivity contribution >= 4 is 11.0 Å². The first-order valence-corrected chi connectivity index (χ1v) is 8.83. The van der Waals surface area contributed by atoms with Crippen molar-refractivity contribution in [2.75, 3.05) is 26.2 Å². The Morgan fingerprint density at radius 2 is 2.00 bits per heavy atom. The van der Waals surface area contributed by atoms with Crippen molar-refractivity contribution in [2.24, 2.45) is 5.41 Å². The molecular formula is C19H29N3O2. The molecule has 5 heteroatoms. The first-order chi connectivity index (χ1) is 11.4. The number of piperidine rings is 1. The van der Waals surface area contributed by atoms with Crippen LogP contribution in [-0.2, 0) is 6.54 Å². The minimum atomic E-state index is -0.440. The minimum absolute atomic E-state index is 0.0334. The van der Waals surface area contributed by atoms with Crippen LogP contribution >= 0.6 is 0 Å². The zero-order chi connectivity index (χ0) is 17.3. The van der Waals surface area contributed by atoms with Gasteiger partial charge in [-0.3, -0.25) is 0 Å². The third kappa shape index (κ3) is 3.63. The quantitative estimate of drug-likeness (QED) is 0.881. The van der Waals surface area contributed by atoms with Crippen LogP contribution in [0.1, 0.15) is 30.9 Å². The van der Waals surface area contributed by atoms with Gasteiger partial charge in [0.05, 0.1) is 30.0 Å². The Balaban J connectivity index is 1.67. The van der Waals surface area contributed by atoms with Crippen LogP contribution in [0.4, 0.5) is 0 Å². The number of rotatable bonds is 5. The molecule has 132 valence electrons. The van der Waals surface area contributed by atoms with Crippen LogP contribution < -0.4 is 0 Å². The van der Waals surface area contributed by atoms with Gasteiger partial charge < -0.3 is 19.7 Å². The van der Waals surface area contributed by atoms with Crippen molar-refractivity contribution in [1.82, 2.24) is 14.5 Å². The Hall–Kier alpha value is -1.43. The Morgan fingerprint density at radius 1 is 1.25 bits per heavy atom. The van der Waals surface area contributed by atoms with Gasteiger partial charge in [-0.1, -0.05) is 6.92 Å². The molecule has 1 aromatic carbocycles. The number of fused-ring (bicyclic) bond motifs is 1.